The highest BCUT2D eigenvalue weighted by Crippen LogP contribution is 2.36. The Labute approximate surface area is 208 Å². The molecule has 3 heterocycles. The van der Waals surface area contributed by atoms with Crippen LogP contribution in [-0.4, -0.2) is 78.2 Å². The van der Waals surface area contributed by atoms with Gasteiger partial charge in [0.2, 0.25) is 17.7 Å². The van der Waals surface area contributed by atoms with Crippen LogP contribution in [-0.2, 0) is 19.2 Å². The monoisotopic (exact) mass is 493 g/mol. The molecule has 36 heavy (non-hydrogen) atoms. The minimum atomic E-state index is -1.29. The first-order chi connectivity index (χ1) is 17.0. The highest BCUT2D eigenvalue weighted by atomic mass is 16.2. The van der Waals surface area contributed by atoms with E-state index in [0.29, 0.717) is 40.3 Å². The lowest BCUT2D eigenvalue weighted by atomic mass is 9.94. The maximum atomic E-state index is 12.8. The molecule has 0 radical (unpaired) electrons. The SMILES string of the molecule is Cc1[nH]c(C=C2C(=O)Nc3cc(C(C(N)=O)C(N)=O)ccc32)c(C)c1NC(=O)CN1CCN(C)CC1. The third-order valence-electron chi connectivity index (χ3n) is 6.72. The molecule has 190 valence electrons. The van der Waals surface area contributed by atoms with Gasteiger partial charge in [-0.05, 0) is 44.2 Å². The first-order valence-electron chi connectivity index (χ1n) is 11.7. The van der Waals surface area contributed by atoms with Crippen molar-refractivity contribution in [2.75, 3.05) is 50.4 Å². The normalized spacial score (nSPS) is 17.3. The zero-order valence-corrected chi connectivity index (χ0v) is 20.6. The lowest BCUT2D eigenvalue weighted by Gasteiger charge is -2.31. The van der Waals surface area contributed by atoms with Gasteiger partial charge in [-0.2, -0.15) is 0 Å². The van der Waals surface area contributed by atoms with E-state index in [2.05, 4.69) is 32.5 Å². The number of carbonyl (C=O) groups excluding carboxylic acids is 4. The van der Waals surface area contributed by atoms with Gasteiger partial charge in [0.25, 0.3) is 5.91 Å². The van der Waals surface area contributed by atoms with E-state index in [9.17, 15) is 19.2 Å². The number of amides is 4. The molecule has 0 spiro atoms. The van der Waals surface area contributed by atoms with Crippen molar-refractivity contribution in [1.29, 1.82) is 0 Å². The standard InChI is InChI=1S/C25H31N7O4/c1-13-18(28-14(2)22(13)30-20(33)12-32-8-6-31(3)7-9-32)11-17-16-5-4-15(10-19(16)29-25(17)36)21(23(26)34)24(27)35/h4-5,10-11,21,28H,6-9,12H2,1-3H3,(H2,26,34)(H2,27,35)(H,29,36)(H,30,33). The summed E-state index contributed by atoms with van der Waals surface area (Å²) in [5.41, 5.74) is 15.4. The van der Waals surface area contributed by atoms with E-state index in [1.54, 1.807) is 18.2 Å². The molecule has 2 aliphatic heterocycles. The Hall–Kier alpha value is -3.96. The summed E-state index contributed by atoms with van der Waals surface area (Å²) in [4.78, 5) is 56.4. The molecule has 1 aromatic heterocycles. The molecule has 7 N–H and O–H groups in total. The zero-order chi connectivity index (χ0) is 26.1. The van der Waals surface area contributed by atoms with Crippen LogP contribution in [0.1, 0.15) is 34.0 Å². The summed E-state index contributed by atoms with van der Waals surface area (Å²) in [6.07, 6.45) is 1.72. The molecular weight excluding hydrogens is 462 g/mol. The average molecular weight is 494 g/mol. The van der Waals surface area contributed by atoms with Crippen LogP contribution in [0.2, 0.25) is 0 Å². The third-order valence-corrected chi connectivity index (χ3v) is 6.72. The molecule has 11 nitrogen and oxygen atoms in total. The fourth-order valence-corrected chi connectivity index (χ4v) is 4.64. The molecule has 2 aliphatic rings. The maximum absolute atomic E-state index is 12.8. The van der Waals surface area contributed by atoms with Crippen molar-refractivity contribution in [2.45, 2.75) is 19.8 Å². The maximum Gasteiger partial charge on any atom is 0.256 e. The predicted molar refractivity (Wildman–Crippen MR) is 137 cm³/mol. The van der Waals surface area contributed by atoms with Gasteiger partial charge in [0.15, 0.2) is 0 Å². The largest absolute Gasteiger partial charge is 0.369 e. The fraction of sp³-hybridized carbons (Fsp3) is 0.360. The first kappa shape index (κ1) is 25.1. The summed E-state index contributed by atoms with van der Waals surface area (Å²) in [7, 11) is 2.07. The summed E-state index contributed by atoms with van der Waals surface area (Å²) in [6.45, 7) is 7.63. The van der Waals surface area contributed by atoms with Gasteiger partial charge in [-0.25, -0.2) is 0 Å². The number of nitrogens with one attached hydrogen (secondary N) is 3. The molecule has 0 aliphatic carbocycles. The Balaban J connectivity index is 1.55. The topological polar surface area (TPSA) is 167 Å². The number of rotatable bonds is 7. The van der Waals surface area contributed by atoms with E-state index in [-0.39, 0.29) is 11.8 Å². The summed E-state index contributed by atoms with van der Waals surface area (Å²) >= 11 is 0. The average Bonchev–Trinajstić information content (AvgIpc) is 3.25. The number of aromatic amines is 1. The Bertz CT molecular complexity index is 1260. The number of H-pyrrole nitrogens is 1. The Morgan fingerprint density at radius 1 is 1.11 bits per heavy atom. The van der Waals surface area contributed by atoms with Crippen molar-refractivity contribution in [3.8, 4) is 0 Å². The molecule has 1 aromatic carbocycles. The van der Waals surface area contributed by atoms with Crippen molar-refractivity contribution in [1.82, 2.24) is 14.8 Å². The van der Waals surface area contributed by atoms with Gasteiger partial charge in [0.05, 0.1) is 17.8 Å². The number of anilines is 2. The Morgan fingerprint density at radius 3 is 2.42 bits per heavy atom. The summed E-state index contributed by atoms with van der Waals surface area (Å²) in [6, 6.07) is 4.74. The number of fused-ring (bicyclic) bond motifs is 1. The molecule has 4 amide bonds. The minimum Gasteiger partial charge on any atom is -0.369 e. The molecule has 0 saturated carbocycles. The van der Waals surface area contributed by atoms with Crippen molar-refractivity contribution >= 4 is 46.7 Å². The van der Waals surface area contributed by atoms with Gasteiger partial charge < -0.3 is 32.0 Å². The molecule has 2 aromatic rings. The second kappa shape index (κ2) is 9.96. The van der Waals surface area contributed by atoms with E-state index >= 15 is 0 Å². The van der Waals surface area contributed by atoms with E-state index in [1.807, 2.05) is 13.8 Å². The second-order valence-corrected chi connectivity index (χ2v) is 9.35. The number of likely N-dealkylation sites (N-methyl/N-ethyl adjacent to an activating group) is 1. The summed E-state index contributed by atoms with van der Waals surface area (Å²) < 4.78 is 0. The highest BCUT2D eigenvalue weighted by molar-refractivity contribution is 6.35. The van der Waals surface area contributed by atoms with Gasteiger partial charge in [-0.15, -0.1) is 0 Å². The molecule has 0 unspecified atom stereocenters. The van der Waals surface area contributed by atoms with E-state index in [1.165, 1.54) is 6.07 Å². The molecule has 4 rings (SSSR count). The third kappa shape index (κ3) is 5.02. The molecule has 1 fully saturated rings. The van der Waals surface area contributed by atoms with Crippen LogP contribution in [0.25, 0.3) is 11.6 Å². The van der Waals surface area contributed by atoms with E-state index in [4.69, 9.17) is 11.5 Å². The minimum absolute atomic E-state index is 0.0844. The number of primary amides is 2. The number of piperazine rings is 1. The van der Waals surface area contributed by atoms with Crippen LogP contribution in [0.4, 0.5) is 11.4 Å². The lowest BCUT2D eigenvalue weighted by Crippen LogP contribution is -2.47. The number of hydrogen-bond acceptors (Lipinski definition) is 6. The van der Waals surface area contributed by atoms with Crippen molar-refractivity contribution < 1.29 is 19.2 Å². The number of carbonyl (C=O) groups is 4. The van der Waals surface area contributed by atoms with Crippen LogP contribution in [0, 0.1) is 13.8 Å². The van der Waals surface area contributed by atoms with Gasteiger partial charge in [0.1, 0.15) is 5.92 Å². The number of aromatic nitrogens is 1. The predicted octanol–water partition coefficient (Wildman–Crippen LogP) is 0.364. The zero-order valence-electron chi connectivity index (χ0n) is 20.6. The van der Waals surface area contributed by atoms with Crippen LogP contribution in [0.15, 0.2) is 18.2 Å². The number of aryl methyl sites for hydroxylation is 1. The van der Waals surface area contributed by atoms with Gasteiger partial charge in [-0.3, -0.25) is 24.1 Å². The molecule has 0 atom stereocenters. The van der Waals surface area contributed by atoms with E-state index < -0.39 is 17.7 Å². The Kier molecular flexibility index (Phi) is 6.95. The van der Waals surface area contributed by atoms with Crippen molar-refractivity contribution in [3.05, 3.63) is 46.3 Å². The fourth-order valence-electron chi connectivity index (χ4n) is 4.64. The van der Waals surface area contributed by atoms with Crippen molar-refractivity contribution in [3.63, 3.8) is 0 Å². The van der Waals surface area contributed by atoms with E-state index in [0.717, 1.165) is 37.4 Å². The smallest absolute Gasteiger partial charge is 0.256 e. The highest BCUT2D eigenvalue weighted by Gasteiger charge is 2.29. The lowest BCUT2D eigenvalue weighted by molar-refractivity contribution is -0.128. The van der Waals surface area contributed by atoms with Crippen LogP contribution in [0.3, 0.4) is 0 Å². The van der Waals surface area contributed by atoms with Gasteiger partial charge in [-0.1, -0.05) is 12.1 Å². The van der Waals surface area contributed by atoms with Crippen LogP contribution < -0.4 is 22.1 Å². The first-order valence-corrected chi connectivity index (χ1v) is 11.7. The Morgan fingerprint density at radius 2 is 1.78 bits per heavy atom. The van der Waals surface area contributed by atoms with Crippen LogP contribution in [0.5, 0.6) is 0 Å². The summed E-state index contributed by atoms with van der Waals surface area (Å²) in [5.74, 6) is -3.42. The second-order valence-electron chi connectivity index (χ2n) is 9.35. The number of benzene rings is 1. The van der Waals surface area contributed by atoms with Gasteiger partial charge >= 0.3 is 0 Å². The summed E-state index contributed by atoms with van der Waals surface area (Å²) in [5, 5.41) is 5.77. The number of nitrogens with zero attached hydrogens (tertiary/aromatic N) is 2. The molecule has 0 bridgehead atoms. The van der Waals surface area contributed by atoms with Crippen LogP contribution >= 0.6 is 0 Å². The molecule has 1 saturated heterocycles. The number of nitrogens with two attached hydrogens (primary N) is 2. The van der Waals surface area contributed by atoms with Gasteiger partial charge in [0, 0.05) is 48.8 Å². The quantitative estimate of drug-likeness (QED) is 0.276. The number of hydrogen-bond donors (Lipinski definition) is 5. The van der Waals surface area contributed by atoms with Crippen molar-refractivity contribution in [2.24, 2.45) is 11.5 Å². The molecule has 11 heteroatoms. The molecular formula is C25H31N7O4.